The molecule has 5 rings (SSSR count). The van der Waals surface area contributed by atoms with Gasteiger partial charge in [0.15, 0.2) is 5.15 Å². The normalized spacial score (nSPS) is 11.5. The van der Waals surface area contributed by atoms with Crippen molar-refractivity contribution in [1.29, 1.82) is 0 Å². The van der Waals surface area contributed by atoms with E-state index in [1.54, 1.807) is 0 Å². The number of aryl methyl sites for hydroxylation is 1. The number of H-pyrrole nitrogens is 1. The summed E-state index contributed by atoms with van der Waals surface area (Å²) in [5.41, 5.74) is 4.03. The van der Waals surface area contributed by atoms with Gasteiger partial charge >= 0.3 is 0 Å². The number of nitrogens with zero attached hydrogens (tertiary/aromatic N) is 5. The van der Waals surface area contributed by atoms with Crippen LogP contribution in [0.2, 0.25) is 5.15 Å². The van der Waals surface area contributed by atoms with Crippen molar-refractivity contribution in [2.24, 2.45) is 0 Å². The molecule has 0 atom stereocenters. The zero-order chi connectivity index (χ0) is 22.9. The minimum atomic E-state index is -0.245. The summed E-state index contributed by atoms with van der Waals surface area (Å²) in [6.07, 6.45) is 2.69. The van der Waals surface area contributed by atoms with E-state index >= 15 is 0 Å². The highest BCUT2D eigenvalue weighted by Gasteiger charge is 2.23. The van der Waals surface area contributed by atoms with Gasteiger partial charge in [0.1, 0.15) is 11.4 Å². The van der Waals surface area contributed by atoms with Crippen molar-refractivity contribution in [3.8, 4) is 28.4 Å². The van der Waals surface area contributed by atoms with Crippen molar-refractivity contribution in [2.45, 2.75) is 32.8 Å². The van der Waals surface area contributed by atoms with Crippen molar-refractivity contribution in [2.75, 3.05) is 0 Å². The molecule has 0 radical (unpaired) electrons. The van der Waals surface area contributed by atoms with Gasteiger partial charge in [0.2, 0.25) is 11.7 Å². The lowest BCUT2D eigenvalue weighted by Gasteiger charge is -2.08. The number of hydrogen-bond acceptors (Lipinski definition) is 6. The Kier molecular flexibility index (Phi) is 6.01. The van der Waals surface area contributed by atoms with E-state index < -0.39 is 0 Å². The van der Waals surface area contributed by atoms with E-state index in [1.807, 2.05) is 47.0 Å². The summed E-state index contributed by atoms with van der Waals surface area (Å²) in [4.78, 5) is 4.48. The lowest BCUT2D eigenvalue weighted by molar-refractivity contribution is 0.273. The third-order valence-electron chi connectivity index (χ3n) is 5.53. The predicted molar refractivity (Wildman–Crippen MR) is 129 cm³/mol. The highest BCUT2D eigenvalue weighted by atomic mass is 79.9. The third-order valence-corrected chi connectivity index (χ3v) is 6.60. The minimum absolute atomic E-state index is 0.245. The number of aromatic amines is 1. The second-order valence-corrected chi connectivity index (χ2v) is 8.73. The topological polar surface area (TPSA) is 106 Å². The Morgan fingerprint density at radius 1 is 1.18 bits per heavy atom. The minimum Gasteiger partial charge on any atom is -0.439 e. The maximum atomic E-state index is 9.96. The number of aromatic nitrogens is 6. The van der Waals surface area contributed by atoms with Gasteiger partial charge < -0.3 is 9.52 Å². The molecule has 8 nitrogen and oxygen atoms in total. The van der Waals surface area contributed by atoms with Crippen LogP contribution in [0.15, 0.2) is 51.4 Å². The van der Waals surface area contributed by atoms with E-state index in [4.69, 9.17) is 16.0 Å². The number of aliphatic hydroxyl groups is 1. The van der Waals surface area contributed by atoms with Crippen LogP contribution in [-0.4, -0.2) is 35.3 Å². The highest BCUT2D eigenvalue weighted by molar-refractivity contribution is 9.10. The van der Waals surface area contributed by atoms with E-state index in [0.717, 1.165) is 51.6 Å². The number of benzene rings is 2. The molecule has 0 aliphatic heterocycles. The highest BCUT2D eigenvalue weighted by Crippen LogP contribution is 2.39. The molecule has 0 unspecified atom stereocenters. The fraction of sp³-hybridized carbons (Fsp3) is 0.217. The zero-order valence-corrected chi connectivity index (χ0v) is 20.1. The number of nitrogens with one attached hydrogen (secondary N) is 1. The van der Waals surface area contributed by atoms with Crippen molar-refractivity contribution < 1.29 is 9.52 Å². The SMILES string of the molecule is CCCCc1nc(Cl)c(CO)n1-c1oc2ccc(-c3ccccc3-c3nn[nH]n3)cc2c1Br. The fourth-order valence-electron chi connectivity index (χ4n) is 3.93. The number of tetrazole rings is 1. The Balaban J connectivity index is 1.66. The molecule has 0 bridgehead atoms. The Labute approximate surface area is 202 Å². The van der Waals surface area contributed by atoms with Crippen LogP contribution < -0.4 is 0 Å². The maximum absolute atomic E-state index is 9.96. The Hall–Kier alpha value is -3.01. The number of aliphatic hydroxyl groups excluding tert-OH is 1. The smallest absolute Gasteiger partial charge is 0.221 e. The van der Waals surface area contributed by atoms with Crippen molar-refractivity contribution in [1.82, 2.24) is 30.2 Å². The number of imidazole rings is 1. The van der Waals surface area contributed by atoms with E-state index in [-0.39, 0.29) is 11.8 Å². The molecule has 168 valence electrons. The first kappa shape index (κ1) is 21.8. The quantitative estimate of drug-likeness (QED) is 0.281. The molecule has 3 heterocycles. The van der Waals surface area contributed by atoms with Gasteiger partial charge in [-0.3, -0.25) is 4.57 Å². The van der Waals surface area contributed by atoms with Crippen LogP contribution in [0.4, 0.5) is 0 Å². The van der Waals surface area contributed by atoms with Gasteiger partial charge in [-0.2, -0.15) is 5.21 Å². The molecule has 0 fully saturated rings. The molecule has 10 heteroatoms. The number of fused-ring (bicyclic) bond motifs is 1. The summed E-state index contributed by atoms with van der Waals surface area (Å²) in [5.74, 6) is 1.83. The lowest BCUT2D eigenvalue weighted by atomic mass is 9.98. The maximum Gasteiger partial charge on any atom is 0.221 e. The first-order chi connectivity index (χ1) is 16.1. The lowest BCUT2D eigenvalue weighted by Crippen LogP contribution is -2.05. The average Bonchev–Trinajstić information content (AvgIpc) is 3.55. The molecule has 5 aromatic rings. The van der Waals surface area contributed by atoms with E-state index in [0.29, 0.717) is 23.0 Å². The molecular weight excluding hydrogens is 508 g/mol. The van der Waals surface area contributed by atoms with Gasteiger partial charge in [0.25, 0.3) is 0 Å². The summed E-state index contributed by atoms with van der Waals surface area (Å²) in [7, 11) is 0. The van der Waals surface area contributed by atoms with E-state index in [2.05, 4.69) is 48.5 Å². The summed E-state index contributed by atoms with van der Waals surface area (Å²) < 4.78 is 8.80. The molecule has 0 spiro atoms. The van der Waals surface area contributed by atoms with Crippen LogP contribution in [-0.2, 0) is 13.0 Å². The molecular formula is C23H20BrClN6O2. The van der Waals surface area contributed by atoms with E-state index in [9.17, 15) is 5.11 Å². The standard InChI is InChI=1S/C23H20BrClN6O2/c1-2-3-8-19-26-21(25)17(12-32)31(19)23-20(24)16-11-13(9-10-18(16)33-23)14-6-4-5-7-15(14)22-27-29-30-28-22/h4-7,9-11,32H,2-3,8,12H2,1H3,(H,27,28,29,30). The predicted octanol–water partition coefficient (Wildman–Crippen LogP) is 5.72. The molecule has 0 aliphatic rings. The number of hydrogen-bond donors (Lipinski definition) is 2. The second kappa shape index (κ2) is 9.09. The average molecular weight is 528 g/mol. The van der Waals surface area contributed by atoms with Gasteiger partial charge in [-0.25, -0.2) is 4.98 Å². The van der Waals surface area contributed by atoms with Crippen molar-refractivity contribution >= 4 is 38.5 Å². The fourth-order valence-corrected chi connectivity index (χ4v) is 4.74. The Morgan fingerprint density at radius 2 is 2.00 bits per heavy atom. The van der Waals surface area contributed by atoms with Crippen LogP contribution >= 0.6 is 27.5 Å². The van der Waals surface area contributed by atoms with Crippen LogP contribution in [0, 0.1) is 0 Å². The van der Waals surface area contributed by atoms with Crippen molar-refractivity contribution in [3.05, 3.63) is 63.6 Å². The van der Waals surface area contributed by atoms with Crippen LogP contribution in [0.5, 0.6) is 0 Å². The number of unbranched alkanes of at least 4 members (excludes halogenated alkanes) is 1. The van der Waals surface area contributed by atoms with Crippen LogP contribution in [0.1, 0.15) is 31.3 Å². The van der Waals surface area contributed by atoms with Gasteiger partial charge in [-0.15, -0.1) is 10.2 Å². The molecule has 0 saturated heterocycles. The Bertz CT molecular complexity index is 1430. The number of rotatable bonds is 7. The molecule has 0 amide bonds. The van der Waals surface area contributed by atoms with Gasteiger partial charge in [0, 0.05) is 17.4 Å². The summed E-state index contributed by atoms with van der Waals surface area (Å²) in [6, 6.07) is 13.9. The van der Waals surface area contributed by atoms with E-state index in [1.165, 1.54) is 0 Å². The molecule has 2 N–H and O–H groups in total. The Morgan fingerprint density at radius 3 is 2.73 bits per heavy atom. The first-order valence-electron chi connectivity index (χ1n) is 10.5. The molecule has 2 aromatic carbocycles. The number of halogens is 2. The van der Waals surface area contributed by atoms with Gasteiger partial charge in [-0.05, 0) is 50.8 Å². The summed E-state index contributed by atoms with van der Waals surface area (Å²) in [5, 5.41) is 25.6. The largest absolute Gasteiger partial charge is 0.439 e. The molecule has 0 saturated carbocycles. The molecule has 33 heavy (non-hydrogen) atoms. The summed E-state index contributed by atoms with van der Waals surface area (Å²) in [6.45, 7) is 1.87. The van der Waals surface area contributed by atoms with Crippen molar-refractivity contribution in [3.63, 3.8) is 0 Å². The van der Waals surface area contributed by atoms with Gasteiger partial charge in [-0.1, -0.05) is 55.3 Å². The zero-order valence-electron chi connectivity index (χ0n) is 17.7. The first-order valence-corrected chi connectivity index (χ1v) is 11.7. The third kappa shape index (κ3) is 3.86. The second-order valence-electron chi connectivity index (χ2n) is 7.58. The molecule has 3 aromatic heterocycles. The summed E-state index contributed by atoms with van der Waals surface area (Å²) >= 11 is 10.1. The monoisotopic (exact) mass is 526 g/mol. The molecule has 0 aliphatic carbocycles. The van der Waals surface area contributed by atoms with Gasteiger partial charge in [0.05, 0.1) is 16.8 Å². The number of furan rings is 1. The van der Waals surface area contributed by atoms with Crippen LogP contribution in [0.25, 0.3) is 39.4 Å². The van der Waals surface area contributed by atoms with Crippen LogP contribution in [0.3, 0.4) is 0 Å².